The van der Waals surface area contributed by atoms with E-state index in [-0.39, 0.29) is 12.4 Å². The van der Waals surface area contributed by atoms with E-state index in [9.17, 15) is 4.79 Å². The van der Waals surface area contributed by atoms with E-state index < -0.39 is 46.9 Å². The lowest BCUT2D eigenvalue weighted by atomic mass is 10.1. The first-order valence-corrected chi connectivity index (χ1v) is 15.1. The zero-order valence-corrected chi connectivity index (χ0v) is 17.7. The highest BCUT2D eigenvalue weighted by Crippen LogP contribution is 2.35. The molecule has 0 unspecified atom stereocenters. The van der Waals surface area contributed by atoms with Crippen molar-refractivity contribution in [1.29, 1.82) is 0 Å². The molecule has 0 aliphatic carbocycles. The molecule has 2 rings (SSSR count). The molecule has 2 heterocycles. The lowest BCUT2D eigenvalue weighted by Crippen LogP contribution is -2.44. The molecule has 7 nitrogen and oxygen atoms in total. The molecule has 1 aliphatic rings. The Morgan fingerprint density at radius 2 is 1.92 bits per heavy atom. The standard InChI is InChI=1S/C15H28FN3O4Si2/c1-24(2,3)21-9-10-13(23-25(4,5)6)12(16)14(22-10)19-8-7-11(17)18-15(19)20/h7-8,10,12-14H,9H2,1-6H3,(H2,17,18,20)/t10-,12-,13-,14-/m1/s1. The Morgan fingerprint density at radius 1 is 1.28 bits per heavy atom. The average Bonchev–Trinajstić information content (AvgIpc) is 2.72. The van der Waals surface area contributed by atoms with Crippen LogP contribution in [0, 0.1) is 0 Å². The highest BCUT2D eigenvalue weighted by atomic mass is 28.4. The molecule has 1 saturated heterocycles. The summed E-state index contributed by atoms with van der Waals surface area (Å²) in [6, 6.07) is 1.44. The molecule has 10 heteroatoms. The number of rotatable bonds is 6. The minimum atomic E-state index is -2.02. The summed E-state index contributed by atoms with van der Waals surface area (Å²) in [6.07, 6.45) is -2.56. The number of aromatic nitrogens is 2. The molecule has 142 valence electrons. The molecule has 0 aromatic carbocycles. The molecule has 0 saturated carbocycles. The van der Waals surface area contributed by atoms with E-state index in [0.717, 1.165) is 4.57 Å². The van der Waals surface area contributed by atoms with E-state index in [1.165, 1.54) is 12.3 Å². The Labute approximate surface area is 149 Å². The molecule has 1 aromatic heterocycles. The van der Waals surface area contributed by atoms with Gasteiger partial charge in [-0.15, -0.1) is 0 Å². The lowest BCUT2D eigenvalue weighted by molar-refractivity contribution is -0.0443. The third-order valence-corrected chi connectivity index (χ3v) is 5.57. The van der Waals surface area contributed by atoms with Gasteiger partial charge in [-0.2, -0.15) is 4.98 Å². The first kappa shape index (κ1) is 20.2. The number of nitrogen functional groups attached to an aromatic ring is 1. The van der Waals surface area contributed by atoms with Crippen LogP contribution in [0.3, 0.4) is 0 Å². The van der Waals surface area contributed by atoms with Gasteiger partial charge in [-0.05, 0) is 45.3 Å². The maximum Gasteiger partial charge on any atom is 0.351 e. The summed E-state index contributed by atoms with van der Waals surface area (Å²) in [5.74, 6) is 0.0863. The van der Waals surface area contributed by atoms with Crippen LogP contribution >= 0.6 is 0 Å². The highest BCUT2D eigenvalue weighted by molar-refractivity contribution is 6.70. The Morgan fingerprint density at radius 3 is 2.44 bits per heavy atom. The van der Waals surface area contributed by atoms with Crippen LogP contribution in [0.25, 0.3) is 0 Å². The van der Waals surface area contributed by atoms with Crippen LogP contribution in [0.1, 0.15) is 6.23 Å². The minimum Gasteiger partial charge on any atom is -0.415 e. The van der Waals surface area contributed by atoms with Crippen molar-refractivity contribution in [3.8, 4) is 0 Å². The normalized spacial score (nSPS) is 27.6. The lowest BCUT2D eigenvalue weighted by Gasteiger charge is -2.29. The third-order valence-electron chi connectivity index (χ3n) is 3.56. The van der Waals surface area contributed by atoms with Crippen LogP contribution in [0.2, 0.25) is 39.3 Å². The average molecular weight is 390 g/mol. The van der Waals surface area contributed by atoms with E-state index in [1.54, 1.807) is 0 Å². The van der Waals surface area contributed by atoms with Crippen LogP contribution in [0.4, 0.5) is 10.2 Å². The molecule has 0 bridgehead atoms. The number of hydrogen-bond donors (Lipinski definition) is 1. The number of alkyl halides is 1. The van der Waals surface area contributed by atoms with Gasteiger partial charge < -0.3 is 19.3 Å². The van der Waals surface area contributed by atoms with Crippen LogP contribution in [0.5, 0.6) is 0 Å². The number of hydrogen-bond acceptors (Lipinski definition) is 6. The zero-order chi connectivity index (χ0) is 19.0. The zero-order valence-electron chi connectivity index (χ0n) is 15.7. The van der Waals surface area contributed by atoms with E-state index in [2.05, 4.69) is 24.6 Å². The SMILES string of the molecule is C[Si](C)(C)OC[C@H]1O[C@@H](n2ccc(N)nc2=O)[C@H](F)[C@@H]1O[Si](C)(C)C. The van der Waals surface area contributed by atoms with E-state index in [1.807, 2.05) is 19.6 Å². The van der Waals surface area contributed by atoms with Crippen molar-refractivity contribution in [2.24, 2.45) is 0 Å². The molecule has 2 N–H and O–H groups in total. The van der Waals surface area contributed by atoms with Gasteiger partial charge in [-0.25, -0.2) is 9.18 Å². The minimum absolute atomic E-state index is 0.0863. The van der Waals surface area contributed by atoms with Gasteiger partial charge in [0.25, 0.3) is 0 Å². The molecule has 4 atom stereocenters. The summed E-state index contributed by atoms with van der Waals surface area (Å²) in [6.45, 7) is 12.3. The second-order valence-corrected chi connectivity index (χ2v) is 17.1. The van der Waals surface area contributed by atoms with Crippen LogP contribution in [0.15, 0.2) is 17.1 Å². The molecular formula is C15H28FN3O4Si2. The summed E-state index contributed by atoms with van der Waals surface area (Å²) in [5.41, 5.74) is 4.85. The number of anilines is 1. The van der Waals surface area contributed by atoms with E-state index >= 15 is 4.39 Å². The fraction of sp³-hybridized carbons (Fsp3) is 0.733. The monoisotopic (exact) mass is 389 g/mol. The van der Waals surface area contributed by atoms with Crippen molar-refractivity contribution >= 4 is 22.5 Å². The van der Waals surface area contributed by atoms with Gasteiger partial charge in [0.2, 0.25) is 0 Å². The van der Waals surface area contributed by atoms with Gasteiger partial charge in [-0.3, -0.25) is 4.57 Å². The molecule has 0 amide bonds. The molecule has 0 radical (unpaired) electrons. The third kappa shape index (κ3) is 5.45. The molecule has 1 aromatic rings. The molecular weight excluding hydrogens is 361 g/mol. The van der Waals surface area contributed by atoms with Gasteiger partial charge >= 0.3 is 5.69 Å². The Kier molecular flexibility index (Phi) is 5.89. The topological polar surface area (TPSA) is 88.6 Å². The van der Waals surface area contributed by atoms with Crippen molar-refractivity contribution in [1.82, 2.24) is 9.55 Å². The number of nitrogens with two attached hydrogens (primary N) is 1. The fourth-order valence-corrected chi connectivity index (χ4v) is 4.32. The number of halogens is 1. The van der Waals surface area contributed by atoms with Crippen molar-refractivity contribution in [2.75, 3.05) is 12.3 Å². The van der Waals surface area contributed by atoms with Crippen molar-refractivity contribution in [2.45, 2.75) is 63.9 Å². The maximum atomic E-state index is 15.1. The van der Waals surface area contributed by atoms with Gasteiger partial charge in [-0.1, -0.05) is 0 Å². The van der Waals surface area contributed by atoms with Gasteiger partial charge in [0.05, 0.1) is 6.61 Å². The van der Waals surface area contributed by atoms with Gasteiger partial charge in [0.15, 0.2) is 29.0 Å². The molecule has 0 spiro atoms. The Balaban J connectivity index is 2.27. The maximum absolute atomic E-state index is 15.1. The van der Waals surface area contributed by atoms with E-state index in [4.69, 9.17) is 19.3 Å². The summed E-state index contributed by atoms with van der Waals surface area (Å²) in [7, 11) is -3.82. The van der Waals surface area contributed by atoms with E-state index in [0.29, 0.717) is 0 Å². The predicted octanol–water partition coefficient (Wildman–Crippen LogP) is 2.13. The van der Waals surface area contributed by atoms with Crippen molar-refractivity contribution in [3.05, 3.63) is 22.7 Å². The number of ether oxygens (including phenoxy) is 1. The van der Waals surface area contributed by atoms with Gasteiger partial charge in [0.1, 0.15) is 18.0 Å². The largest absolute Gasteiger partial charge is 0.415 e. The summed E-state index contributed by atoms with van der Waals surface area (Å²) < 4.78 is 34.0. The first-order chi connectivity index (χ1) is 11.4. The molecule has 1 aliphatic heterocycles. The Bertz CT molecular complexity index is 659. The molecule has 1 fully saturated rings. The summed E-state index contributed by atoms with van der Waals surface area (Å²) in [4.78, 5) is 15.7. The van der Waals surface area contributed by atoms with Crippen molar-refractivity contribution in [3.63, 3.8) is 0 Å². The van der Waals surface area contributed by atoms with Crippen LogP contribution in [-0.2, 0) is 13.6 Å². The second kappa shape index (κ2) is 7.27. The Hall–Kier alpha value is -1.08. The predicted molar refractivity (Wildman–Crippen MR) is 99.2 cm³/mol. The van der Waals surface area contributed by atoms with Crippen LogP contribution in [-0.4, -0.2) is 51.2 Å². The first-order valence-electron chi connectivity index (χ1n) is 8.33. The highest BCUT2D eigenvalue weighted by Gasteiger charge is 2.49. The molecule has 25 heavy (non-hydrogen) atoms. The quantitative estimate of drug-likeness (QED) is 0.750. The fourth-order valence-electron chi connectivity index (χ4n) is 2.55. The van der Waals surface area contributed by atoms with Gasteiger partial charge in [0, 0.05) is 6.20 Å². The summed E-state index contributed by atoms with van der Waals surface area (Å²) in [5, 5.41) is 0. The van der Waals surface area contributed by atoms with Crippen LogP contribution < -0.4 is 11.4 Å². The smallest absolute Gasteiger partial charge is 0.351 e. The second-order valence-electron chi connectivity index (χ2n) is 8.17. The number of nitrogens with zero attached hydrogens (tertiary/aromatic N) is 2. The summed E-state index contributed by atoms with van der Waals surface area (Å²) >= 11 is 0. The van der Waals surface area contributed by atoms with Crippen molar-refractivity contribution < 1.29 is 18.0 Å².